The van der Waals surface area contributed by atoms with E-state index in [4.69, 9.17) is 10.8 Å². The number of carbonyl (C=O) groups is 2. The van der Waals surface area contributed by atoms with Crippen LogP contribution in [0.5, 0.6) is 0 Å². The molecule has 0 saturated carbocycles. The summed E-state index contributed by atoms with van der Waals surface area (Å²) >= 11 is 0. The van der Waals surface area contributed by atoms with Crippen LogP contribution >= 0.6 is 0 Å². The molecule has 0 spiro atoms. The molecule has 4 N–H and O–H groups in total. The molecule has 0 fully saturated rings. The molecule has 0 aliphatic heterocycles. The summed E-state index contributed by atoms with van der Waals surface area (Å²) in [5.41, 5.74) is 7.33. The Hall–Kier alpha value is -1.88. The maximum absolute atomic E-state index is 11.9. The van der Waals surface area contributed by atoms with Gasteiger partial charge in [0.25, 0.3) is 0 Å². The number of carboxylic acid groups (broad SMARTS) is 1. The minimum atomic E-state index is -0.851. The predicted molar refractivity (Wildman–Crippen MR) is 78.5 cm³/mol. The van der Waals surface area contributed by atoms with Gasteiger partial charge in [-0.05, 0) is 24.5 Å². The number of nitrogens with two attached hydrogens (primary N) is 1. The molecule has 0 aliphatic carbocycles. The predicted octanol–water partition coefficient (Wildman–Crippen LogP) is 2.16. The van der Waals surface area contributed by atoms with Crippen molar-refractivity contribution < 1.29 is 14.7 Å². The van der Waals surface area contributed by atoms with E-state index in [0.29, 0.717) is 12.1 Å². The van der Waals surface area contributed by atoms with Crippen LogP contribution in [0.2, 0.25) is 0 Å². The zero-order valence-electron chi connectivity index (χ0n) is 11.8. The minimum absolute atomic E-state index is 0.0439. The highest BCUT2D eigenvalue weighted by Crippen LogP contribution is 2.17. The molecule has 1 aromatic carbocycles. The van der Waals surface area contributed by atoms with Crippen molar-refractivity contribution in [1.29, 1.82) is 0 Å². The maximum atomic E-state index is 11.9. The smallest absolute Gasteiger partial charge is 0.303 e. The second-order valence-electron chi connectivity index (χ2n) is 4.85. The molecule has 1 rings (SSSR count). The summed E-state index contributed by atoms with van der Waals surface area (Å²) in [5.74, 6) is -0.982. The van der Waals surface area contributed by atoms with E-state index in [2.05, 4.69) is 5.32 Å². The molecule has 20 heavy (non-hydrogen) atoms. The molecule has 1 amide bonds. The standard InChI is InChI=1S/C15H22N2O3/c1-2-5-12(16)10-14(18)17-13-7-4-3-6-11(13)8-9-15(19)20/h3-4,6-7,12H,2,5,8-10,16H2,1H3,(H,17,18)(H,19,20). The van der Waals surface area contributed by atoms with Gasteiger partial charge in [0, 0.05) is 24.6 Å². The van der Waals surface area contributed by atoms with Gasteiger partial charge in [-0.3, -0.25) is 9.59 Å². The van der Waals surface area contributed by atoms with E-state index in [1.165, 1.54) is 0 Å². The molecular weight excluding hydrogens is 256 g/mol. The fraction of sp³-hybridized carbons (Fsp3) is 0.467. The van der Waals surface area contributed by atoms with Crippen molar-refractivity contribution in [1.82, 2.24) is 0 Å². The molecule has 0 saturated heterocycles. The van der Waals surface area contributed by atoms with Crippen molar-refractivity contribution in [2.24, 2.45) is 5.73 Å². The van der Waals surface area contributed by atoms with E-state index in [0.717, 1.165) is 18.4 Å². The molecule has 1 unspecified atom stereocenters. The van der Waals surface area contributed by atoms with E-state index in [1.54, 1.807) is 6.07 Å². The molecule has 0 aromatic heterocycles. The average Bonchev–Trinajstić information content (AvgIpc) is 2.37. The van der Waals surface area contributed by atoms with Gasteiger partial charge in [-0.1, -0.05) is 31.5 Å². The lowest BCUT2D eigenvalue weighted by molar-refractivity contribution is -0.136. The van der Waals surface area contributed by atoms with Crippen LogP contribution in [0.25, 0.3) is 0 Å². The molecule has 0 radical (unpaired) electrons. The Morgan fingerprint density at radius 3 is 2.70 bits per heavy atom. The summed E-state index contributed by atoms with van der Waals surface area (Å²) < 4.78 is 0. The Kier molecular flexibility index (Phi) is 6.73. The van der Waals surface area contributed by atoms with E-state index in [9.17, 15) is 9.59 Å². The first-order valence-electron chi connectivity index (χ1n) is 6.88. The van der Waals surface area contributed by atoms with Crippen LogP contribution < -0.4 is 11.1 Å². The molecule has 0 heterocycles. The highest BCUT2D eigenvalue weighted by Gasteiger charge is 2.11. The molecule has 0 bridgehead atoms. The maximum Gasteiger partial charge on any atom is 0.303 e. The van der Waals surface area contributed by atoms with Gasteiger partial charge in [0.1, 0.15) is 0 Å². The number of anilines is 1. The third kappa shape index (κ3) is 5.84. The van der Waals surface area contributed by atoms with E-state index in [1.807, 2.05) is 25.1 Å². The number of benzene rings is 1. The van der Waals surface area contributed by atoms with Crippen molar-refractivity contribution in [2.75, 3.05) is 5.32 Å². The van der Waals surface area contributed by atoms with Gasteiger partial charge in [-0.15, -0.1) is 0 Å². The van der Waals surface area contributed by atoms with Crippen molar-refractivity contribution in [3.8, 4) is 0 Å². The van der Waals surface area contributed by atoms with Gasteiger partial charge >= 0.3 is 5.97 Å². The fourth-order valence-corrected chi connectivity index (χ4v) is 2.01. The zero-order valence-corrected chi connectivity index (χ0v) is 11.8. The molecule has 5 nitrogen and oxygen atoms in total. The first kappa shape index (κ1) is 16.2. The average molecular weight is 278 g/mol. The molecular formula is C15H22N2O3. The highest BCUT2D eigenvalue weighted by molar-refractivity contribution is 5.91. The third-order valence-corrected chi connectivity index (χ3v) is 3.01. The van der Waals surface area contributed by atoms with Gasteiger partial charge in [-0.2, -0.15) is 0 Å². The van der Waals surface area contributed by atoms with Crippen LogP contribution in [0.4, 0.5) is 5.69 Å². The number of aryl methyl sites for hydroxylation is 1. The van der Waals surface area contributed by atoms with Gasteiger partial charge in [-0.25, -0.2) is 0 Å². The quantitative estimate of drug-likeness (QED) is 0.679. The summed E-state index contributed by atoms with van der Waals surface area (Å²) in [5, 5.41) is 11.5. The number of hydrogen-bond donors (Lipinski definition) is 3. The Morgan fingerprint density at radius 1 is 1.35 bits per heavy atom. The molecule has 0 aliphatic rings. The van der Waals surface area contributed by atoms with Gasteiger partial charge in [0.15, 0.2) is 0 Å². The van der Waals surface area contributed by atoms with Gasteiger partial charge in [0.2, 0.25) is 5.91 Å². The van der Waals surface area contributed by atoms with Crippen molar-refractivity contribution in [3.63, 3.8) is 0 Å². The van der Waals surface area contributed by atoms with Gasteiger partial charge < -0.3 is 16.2 Å². The Balaban J connectivity index is 2.62. The normalized spacial score (nSPS) is 11.9. The first-order chi connectivity index (χ1) is 9.52. The molecule has 1 aromatic rings. The van der Waals surface area contributed by atoms with Crippen LogP contribution in [-0.2, 0) is 16.0 Å². The molecule has 5 heteroatoms. The van der Waals surface area contributed by atoms with Crippen LogP contribution in [0.15, 0.2) is 24.3 Å². The summed E-state index contributed by atoms with van der Waals surface area (Å²) in [6.07, 6.45) is 2.48. The van der Waals surface area contributed by atoms with Crippen LogP contribution in [0.3, 0.4) is 0 Å². The first-order valence-corrected chi connectivity index (χ1v) is 6.88. The lowest BCUT2D eigenvalue weighted by Gasteiger charge is -2.13. The number of carboxylic acids is 1. The lowest BCUT2D eigenvalue weighted by Crippen LogP contribution is -2.27. The molecule has 1 atom stereocenters. The number of carbonyl (C=O) groups excluding carboxylic acids is 1. The number of para-hydroxylation sites is 1. The highest BCUT2D eigenvalue weighted by atomic mass is 16.4. The summed E-state index contributed by atoms with van der Waals surface area (Å²) in [6.45, 7) is 2.03. The second-order valence-corrected chi connectivity index (χ2v) is 4.85. The number of amides is 1. The Bertz CT molecular complexity index is 460. The Labute approximate surface area is 119 Å². The topological polar surface area (TPSA) is 92.4 Å². The number of hydrogen-bond acceptors (Lipinski definition) is 3. The van der Waals surface area contributed by atoms with E-state index < -0.39 is 5.97 Å². The summed E-state index contributed by atoms with van der Waals surface area (Å²) in [4.78, 5) is 22.5. The minimum Gasteiger partial charge on any atom is -0.481 e. The van der Waals surface area contributed by atoms with Gasteiger partial charge in [0.05, 0.1) is 0 Å². The fourth-order valence-electron chi connectivity index (χ4n) is 2.01. The lowest BCUT2D eigenvalue weighted by atomic mass is 10.1. The van der Waals surface area contributed by atoms with E-state index in [-0.39, 0.29) is 24.8 Å². The third-order valence-electron chi connectivity index (χ3n) is 3.01. The zero-order chi connectivity index (χ0) is 15.0. The largest absolute Gasteiger partial charge is 0.481 e. The van der Waals surface area contributed by atoms with Crippen molar-refractivity contribution >= 4 is 17.6 Å². The summed E-state index contributed by atoms with van der Waals surface area (Å²) in [7, 11) is 0. The monoisotopic (exact) mass is 278 g/mol. The number of rotatable bonds is 8. The summed E-state index contributed by atoms with van der Waals surface area (Å²) in [6, 6.07) is 7.11. The Morgan fingerprint density at radius 2 is 2.05 bits per heavy atom. The number of aliphatic carboxylic acids is 1. The van der Waals surface area contributed by atoms with Crippen LogP contribution in [-0.4, -0.2) is 23.0 Å². The van der Waals surface area contributed by atoms with E-state index >= 15 is 0 Å². The second kappa shape index (κ2) is 8.32. The van der Waals surface area contributed by atoms with Crippen LogP contribution in [0.1, 0.15) is 38.2 Å². The van der Waals surface area contributed by atoms with Crippen molar-refractivity contribution in [3.05, 3.63) is 29.8 Å². The number of nitrogens with one attached hydrogen (secondary N) is 1. The SMILES string of the molecule is CCCC(N)CC(=O)Nc1ccccc1CCC(=O)O. The van der Waals surface area contributed by atoms with Crippen molar-refractivity contribution in [2.45, 2.75) is 45.1 Å². The van der Waals surface area contributed by atoms with Crippen LogP contribution in [0, 0.1) is 0 Å². The molecule has 110 valence electrons.